The molecule has 70 valence electrons. The average Bonchev–Trinajstić information content (AvgIpc) is 2.08. The van der Waals surface area contributed by atoms with Crippen LogP contribution in [0.25, 0.3) is 0 Å². The Bertz CT molecular complexity index is 282. The molecule has 1 fully saturated rings. The van der Waals surface area contributed by atoms with Gasteiger partial charge in [-0.2, -0.15) is 5.26 Å². The van der Waals surface area contributed by atoms with Crippen LogP contribution in [-0.2, 0) is 0 Å². The first kappa shape index (κ1) is 9.52. The summed E-state index contributed by atoms with van der Waals surface area (Å²) in [5.41, 5.74) is 0.389. The topological polar surface area (TPSA) is 64.3 Å². The first-order valence-corrected chi connectivity index (χ1v) is 3.85. The van der Waals surface area contributed by atoms with E-state index in [1.165, 1.54) is 0 Å². The molecular formula is C8H9FN2O2. The Morgan fingerprint density at radius 1 is 1.85 bits per heavy atom. The molecule has 0 aromatic rings. The maximum absolute atomic E-state index is 13.1. The van der Waals surface area contributed by atoms with Crippen molar-refractivity contribution in [1.29, 1.82) is 5.26 Å². The standard InChI is InChI=1S/C8H9FN2O2/c9-7-5-11(8(12)13)4-2-6(7)1-3-10/h1,7H,2,4-5H2,(H,12,13)/b6-1-/t7-/m1/s1. The zero-order chi connectivity index (χ0) is 9.84. The molecule has 1 atom stereocenters. The van der Waals surface area contributed by atoms with E-state index >= 15 is 0 Å². The van der Waals surface area contributed by atoms with Crippen LogP contribution in [0.2, 0.25) is 0 Å². The molecule has 1 N–H and O–H groups in total. The number of nitriles is 1. The lowest BCUT2D eigenvalue weighted by Crippen LogP contribution is -2.41. The number of carboxylic acid groups (broad SMARTS) is 1. The van der Waals surface area contributed by atoms with Gasteiger partial charge in [0.25, 0.3) is 0 Å². The van der Waals surface area contributed by atoms with Crippen molar-refractivity contribution in [3.8, 4) is 6.07 Å². The molecule has 5 heteroatoms. The van der Waals surface area contributed by atoms with E-state index in [0.717, 1.165) is 11.0 Å². The lowest BCUT2D eigenvalue weighted by molar-refractivity contribution is 0.123. The molecule has 1 aliphatic heterocycles. The van der Waals surface area contributed by atoms with Gasteiger partial charge in [0.15, 0.2) is 0 Å². The number of amides is 1. The van der Waals surface area contributed by atoms with Gasteiger partial charge in [0.05, 0.1) is 12.6 Å². The van der Waals surface area contributed by atoms with Gasteiger partial charge in [-0.3, -0.25) is 0 Å². The Hall–Kier alpha value is -1.57. The first-order chi connectivity index (χ1) is 6.15. The zero-order valence-electron chi connectivity index (χ0n) is 6.90. The van der Waals surface area contributed by atoms with Crippen LogP contribution in [0.1, 0.15) is 6.42 Å². The van der Waals surface area contributed by atoms with E-state index in [2.05, 4.69) is 0 Å². The van der Waals surface area contributed by atoms with Crippen LogP contribution < -0.4 is 0 Å². The third-order valence-corrected chi connectivity index (χ3v) is 1.97. The summed E-state index contributed by atoms with van der Waals surface area (Å²) < 4.78 is 13.1. The number of allylic oxidation sites excluding steroid dienone is 1. The van der Waals surface area contributed by atoms with E-state index in [1.54, 1.807) is 6.07 Å². The third kappa shape index (κ3) is 2.18. The van der Waals surface area contributed by atoms with Crippen LogP contribution in [0.3, 0.4) is 0 Å². The highest BCUT2D eigenvalue weighted by Gasteiger charge is 2.26. The number of nitrogens with zero attached hydrogens (tertiary/aromatic N) is 2. The number of rotatable bonds is 0. The Balaban J connectivity index is 2.63. The zero-order valence-corrected chi connectivity index (χ0v) is 6.90. The summed E-state index contributed by atoms with van der Waals surface area (Å²) in [6, 6.07) is 1.74. The number of hydrogen-bond acceptors (Lipinski definition) is 2. The minimum Gasteiger partial charge on any atom is -0.465 e. The van der Waals surface area contributed by atoms with Gasteiger partial charge in [-0.25, -0.2) is 9.18 Å². The predicted octanol–water partition coefficient (Wildman–Crippen LogP) is 1.16. The maximum Gasteiger partial charge on any atom is 0.407 e. The highest BCUT2D eigenvalue weighted by atomic mass is 19.1. The summed E-state index contributed by atoms with van der Waals surface area (Å²) >= 11 is 0. The van der Waals surface area contributed by atoms with Crippen LogP contribution in [0.4, 0.5) is 9.18 Å². The Morgan fingerprint density at radius 2 is 2.54 bits per heavy atom. The van der Waals surface area contributed by atoms with Gasteiger partial charge in [-0.15, -0.1) is 0 Å². The second-order valence-electron chi connectivity index (χ2n) is 2.79. The van der Waals surface area contributed by atoms with Gasteiger partial charge in [0, 0.05) is 12.6 Å². The van der Waals surface area contributed by atoms with Crippen LogP contribution in [0.15, 0.2) is 11.6 Å². The normalized spacial score (nSPS) is 25.7. The largest absolute Gasteiger partial charge is 0.465 e. The number of carbonyl (C=O) groups is 1. The Kier molecular flexibility index (Phi) is 2.85. The van der Waals surface area contributed by atoms with Gasteiger partial charge >= 0.3 is 6.09 Å². The van der Waals surface area contributed by atoms with Gasteiger partial charge in [0.2, 0.25) is 0 Å². The quantitative estimate of drug-likeness (QED) is 0.574. The van der Waals surface area contributed by atoms with E-state index in [9.17, 15) is 9.18 Å². The molecule has 13 heavy (non-hydrogen) atoms. The fourth-order valence-corrected chi connectivity index (χ4v) is 1.24. The number of alkyl halides is 1. The molecule has 1 rings (SSSR count). The van der Waals surface area contributed by atoms with Crippen LogP contribution in [-0.4, -0.2) is 35.4 Å². The summed E-state index contributed by atoms with van der Waals surface area (Å²) in [6.45, 7) is 0.103. The molecule has 0 bridgehead atoms. The van der Waals surface area contributed by atoms with Crippen molar-refractivity contribution in [3.05, 3.63) is 11.6 Å². The lowest BCUT2D eigenvalue weighted by Gasteiger charge is -2.28. The van der Waals surface area contributed by atoms with Crippen molar-refractivity contribution in [2.24, 2.45) is 0 Å². The second-order valence-corrected chi connectivity index (χ2v) is 2.79. The second kappa shape index (κ2) is 3.90. The molecule has 1 saturated heterocycles. The number of hydrogen-bond donors (Lipinski definition) is 1. The van der Waals surface area contributed by atoms with Crippen molar-refractivity contribution >= 4 is 6.09 Å². The molecule has 0 unspecified atom stereocenters. The minimum absolute atomic E-state index is 0.164. The van der Waals surface area contributed by atoms with E-state index in [-0.39, 0.29) is 13.1 Å². The number of piperidine rings is 1. The highest BCUT2D eigenvalue weighted by molar-refractivity contribution is 5.65. The van der Waals surface area contributed by atoms with Crippen LogP contribution in [0, 0.1) is 11.3 Å². The van der Waals surface area contributed by atoms with Crippen LogP contribution in [0.5, 0.6) is 0 Å². The molecule has 1 heterocycles. The molecule has 0 aromatic heterocycles. The van der Waals surface area contributed by atoms with E-state index in [1.807, 2.05) is 0 Å². The fourth-order valence-electron chi connectivity index (χ4n) is 1.24. The summed E-state index contributed by atoms with van der Waals surface area (Å²) in [6.07, 6.45) is -0.978. The van der Waals surface area contributed by atoms with Gasteiger partial charge < -0.3 is 10.0 Å². The van der Waals surface area contributed by atoms with Crippen LogP contribution >= 0.6 is 0 Å². The summed E-state index contributed by atoms with van der Waals surface area (Å²) in [7, 11) is 0. The van der Waals surface area contributed by atoms with Crippen molar-refractivity contribution in [3.63, 3.8) is 0 Å². The predicted molar refractivity (Wildman–Crippen MR) is 42.8 cm³/mol. The summed E-state index contributed by atoms with van der Waals surface area (Å²) in [5.74, 6) is 0. The molecule has 0 spiro atoms. The van der Waals surface area contributed by atoms with E-state index in [4.69, 9.17) is 10.4 Å². The molecule has 0 aliphatic carbocycles. The van der Waals surface area contributed by atoms with Gasteiger partial charge in [0.1, 0.15) is 6.17 Å². The minimum atomic E-state index is -1.33. The summed E-state index contributed by atoms with van der Waals surface area (Å²) in [4.78, 5) is 11.5. The number of halogens is 1. The average molecular weight is 184 g/mol. The molecule has 1 amide bonds. The maximum atomic E-state index is 13.1. The third-order valence-electron chi connectivity index (χ3n) is 1.97. The van der Waals surface area contributed by atoms with E-state index < -0.39 is 12.3 Å². The monoisotopic (exact) mass is 184 g/mol. The van der Waals surface area contributed by atoms with Crippen molar-refractivity contribution < 1.29 is 14.3 Å². The van der Waals surface area contributed by atoms with Crippen molar-refractivity contribution in [1.82, 2.24) is 4.90 Å². The van der Waals surface area contributed by atoms with Gasteiger partial charge in [-0.1, -0.05) is 0 Å². The van der Waals surface area contributed by atoms with Gasteiger partial charge in [-0.05, 0) is 12.0 Å². The first-order valence-electron chi connectivity index (χ1n) is 3.85. The lowest BCUT2D eigenvalue weighted by atomic mass is 10.0. The smallest absolute Gasteiger partial charge is 0.407 e. The summed E-state index contributed by atoms with van der Waals surface area (Å²) in [5, 5.41) is 16.8. The molecule has 0 aromatic carbocycles. The van der Waals surface area contributed by atoms with E-state index in [0.29, 0.717) is 12.0 Å². The van der Waals surface area contributed by atoms with Crippen molar-refractivity contribution in [2.45, 2.75) is 12.6 Å². The fraction of sp³-hybridized carbons (Fsp3) is 0.500. The molecular weight excluding hydrogens is 175 g/mol. The molecule has 0 saturated carbocycles. The molecule has 1 aliphatic rings. The Morgan fingerprint density at radius 3 is 3.00 bits per heavy atom. The molecule has 0 radical (unpaired) electrons. The molecule has 4 nitrogen and oxygen atoms in total. The SMILES string of the molecule is N#C/C=C1/CCN(C(=O)O)C[C@H]1F. The van der Waals surface area contributed by atoms with Crippen molar-refractivity contribution in [2.75, 3.05) is 13.1 Å². The number of likely N-dealkylation sites (tertiary alicyclic amines) is 1. The highest BCUT2D eigenvalue weighted by Crippen LogP contribution is 2.19. The Labute approximate surface area is 74.9 Å².